The molecule has 0 fully saturated rings. The predicted octanol–water partition coefficient (Wildman–Crippen LogP) is 4.28. The fourth-order valence-electron chi connectivity index (χ4n) is 2.01. The van der Waals surface area contributed by atoms with Crippen molar-refractivity contribution in [3.05, 3.63) is 50.7 Å². The monoisotopic (exact) mass is 530 g/mol. The fraction of sp³-hybridized carbons (Fsp3) is 0.0625. The van der Waals surface area contributed by atoms with Gasteiger partial charge >= 0.3 is 5.97 Å². The van der Waals surface area contributed by atoms with Crippen molar-refractivity contribution in [3.63, 3.8) is 0 Å². The molecule has 0 saturated carbocycles. The lowest BCUT2D eigenvalue weighted by Crippen LogP contribution is -2.24. The Bertz CT molecular complexity index is 899. The van der Waals surface area contributed by atoms with E-state index in [1.165, 1.54) is 0 Å². The molecule has 1 N–H and O–H groups in total. The minimum atomic E-state index is -0.405. The number of ether oxygens (including phenoxy) is 2. The van der Waals surface area contributed by atoms with E-state index in [1.807, 2.05) is 0 Å². The smallest absolute Gasteiger partial charge is 0.321 e. The highest BCUT2D eigenvalue weighted by molar-refractivity contribution is 9.10. The molecule has 2 heterocycles. The molecule has 1 aliphatic rings. The van der Waals surface area contributed by atoms with Gasteiger partial charge in [-0.05, 0) is 67.8 Å². The van der Waals surface area contributed by atoms with E-state index in [9.17, 15) is 9.59 Å². The molecule has 0 bridgehead atoms. The van der Waals surface area contributed by atoms with Crippen molar-refractivity contribution in [3.8, 4) is 11.5 Å². The van der Waals surface area contributed by atoms with E-state index in [2.05, 4.69) is 58.1 Å². The van der Waals surface area contributed by atoms with Crippen LogP contribution in [0.5, 0.6) is 11.5 Å². The molecule has 0 spiro atoms. The quantitative estimate of drug-likeness (QED) is 0.210. The normalized spacial score (nSPS) is 14.5. The first kappa shape index (κ1) is 18.1. The van der Waals surface area contributed by atoms with Gasteiger partial charge in [-0.3, -0.25) is 9.59 Å². The van der Waals surface area contributed by atoms with E-state index in [-0.39, 0.29) is 11.1 Å². The molecule has 0 saturated heterocycles. The summed E-state index contributed by atoms with van der Waals surface area (Å²) in [4.78, 5) is 27.6. The zero-order valence-electron chi connectivity index (χ0n) is 12.4. The minimum Gasteiger partial charge on any atom is -0.448 e. The van der Waals surface area contributed by atoms with Gasteiger partial charge < -0.3 is 14.8 Å². The van der Waals surface area contributed by atoms with Gasteiger partial charge in [0.2, 0.25) is 0 Å². The third-order valence-corrected chi connectivity index (χ3v) is 4.61. The van der Waals surface area contributed by atoms with Gasteiger partial charge in [-0.25, -0.2) is 4.98 Å². The Hall–Kier alpha value is -1.71. The van der Waals surface area contributed by atoms with E-state index in [4.69, 9.17) is 9.47 Å². The number of carbonyl (C=O) groups is 2. The zero-order chi connectivity index (χ0) is 18.0. The molecule has 1 aromatic carbocycles. The Kier molecular flexibility index (Phi) is 5.55. The van der Waals surface area contributed by atoms with Gasteiger partial charge in [-0.2, -0.15) is 0 Å². The maximum absolute atomic E-state index is 12.2. The van der Waals surface area contributed by atoms with Gasteiger partial charge in [0.05, 0.1) is 4.47 Å². The third kappa shape index (κ3) is 4.28. The van der Waals surface area contributed by atoms with Crippen LogP contribution in [0.1, 0.15) is 5.56 Å². The highest BCUT2D eigenvalue weighted by Crippen LogP contribution is 2.32. The first-order chi connectivity index (χ1) is 12.0. The summed E-state index contributed by atoms with van der Waals surface area (Å²) < 4.78 is 11.9. The second-order valence-corrected chi connectivity index (χ2v) is 7.07. The van der Waals surface area contributed by atoms with E-state index < -0.39 is 11.9 Å². The topological polar surface area (TPSA) is 77.5 Å². The first-order valence-electron chi connectivity index (χ1n) is 6.90. The standard InChI is InChI=1S/C16H9Br3N2O4/c17-7-14(22)25-10-2-1-8(5-9(10)18)6-12-16(23)21-15-11(24-12)3-4-13(19)20-15/h1-6H,7H2,(H,20,21,23)/b12-6-. The number of hydrogen-bond acceptors (Lipinski definition) is 5. The Morgan fingerprint density at radius 2 is 2.08 bits per heavy atom. The summed E-state index contributed by atoms with van der Waals surface area (Å²) in [6.07, 6.45) is 1.58. The lowest BCUT2D eigenvalue weighted by molar-refractivity contribution is -0.131. The van der Waals surface area contributed by atoms with Gasteiger partial charge in [0.15, 0.2) is 17.3 Å². The van der Waals surface area contributed by atoms with Gasteiger partial charge in [0, 0.05) is 0 Å². The molecule has 0 aliphatic carbocycles. The first-order valence-corrected chi connectivity index (χ1v) is 9.60. The molecular formula is C16H9Br3N2O4. The largest absolute Gasteiger partial charge is 0.448 e. The second kappa shape index (κ2) is 7.67. The summed E-state index contributed by atoms with van der Waals surface area (Å²) in [6, 6.07) is 8.48. The number of pyridine rings is 1. The molecule has 6 nitrogen and oxygen atoms in total. The average Bonchev–Trinajstić information content (AvgIpc) is 2.58. The Labute approximate surface area is 168 Å². The highest BCUT2D eigenvalue weighted by atomic mass is 79.9. The number of halogens is 3. The second-order valence-electron chi connectivity index (χ2n) is 4.84. The highest BCUT2D eigenvalue weighted by Gasteiger charge is 2.23. The molecule has 25 heavy (non-hydrogen) atoms. The average molecular weight is 533 g/mol. The van der Waals surface area contributed by atoms with Crippen LogP contribution in [0.15, 0.2) is 45.2 Å². The van der Waals surface area contributed by atoms with Gasteiger partial charge in [0.25, 0.3) is 5.91 Å². The third-order valence-electron chi connectivity index (χ3n) is 3.09. The lowest BCUT2D eigenvalue weighted by atomic mass is 10.2. The fourth-order valence-corrected chi connectivity index (χ4v) is 2.92. The lowest BCUT2D eigenvalue weighted by Gasteiger charge is -2.19. The van der Waals surface area contributed by atoms with Crippen LogP contribution in [0.3, 0.4) is 0 Å². The van der Waals surface area contributed by atoms with Crippen molar-refractivity contribution in [2.24, 2.45) is 0 Å². The summed E-state index contributed by atoms with van der Waals surface area (Å²) in [5.74, 6) is 0.528. The van der Waals surface area contributed by atoms with Crippen molar-refractivity contribution < 1.29 is 19.1 Å². The summed E-state index contributed by atoms with van der Waals surface area (Å²) in [5, 5.41) is 2.77. The molecule has 1 aliphatic heterocycles. The maximum atomic E-state index is 12.2. The van der Waals surface area contributed by atoms with Crippen molar-refractivity contribution in [1.29, 1.82) is 0 Å². The Morgan fingerprint density at radius 3 is 2.80 bits per heavy atom. The number of nitrogens with one attached hydrogen (secondary N) is 1. The molecule has 9 heteroatoms. The van der Waals surface area contributed by atoms with E-state index in [0.29, 0.717) is 32.0 Å². The number of aromatic nitrogens is 1. The van der Waals surface area contributed by atoms with Gasteiger partial charge in [-0.1, -0.05) is 22.0 Å². The molecule has 3 rings (SSSR count). The number of fused-ring (bicyclic) bond motifs is 1. The number of nitrogens with zero attached hydrogens (tertiary/aromatic N) is 1. The summed E-state index contributed by atoms with van der Waals surface area (Å²) >= 11 is 9.61. The van der Waals surface area contributed by atoms with Crippen LogP contribution in [-0.2, 0) is 9.59 Å². The van der Waals surface area contributed by atoms with Crippen molar-refractivity contribution >= 4 is 71.6 Å². The van der Waals surface area contributed by atoms with Crippen LogP contribution >= 0.6 is 47.8 Å². The number of anilines is 1. The minimum absolute atomic E-state index is 0.100. The molecule has 0 atom stereocenters. The zero-order valence-corrected chi connectivity index (χ0v) is 17.1. The number of rotatable bonds is 3. The maximum Gasteiger partial charge on any atom is 0.321 e. The molecule has 0 radical (unpaired) electrons. The summed E-state index contributed by atoms with van der Waals surface area (Å²) in [6.45, 7) is 0. The number of benzene rings is 1. The molecule has 0 unspecified atom stereocenters. The Morgan fingerprint density at radius 1 is 1.28 bits per heavy atom. The van der Waals surface area contributed by atoms with Crippen LogP contribution < -0.4 is 14.8 Å². The molecule has 1 amide bonds. The number of hydrogen-bond donors (Lipinski definition) is 1. The van der Waals surface area contributed by atoms with Crippen LogP contribution in [-0.4, -0.2) is 22.2 Å². The number of alkyl halides is 1. The predicted molar refractivity (Wildman–Crippen MR) is 103 cm³/mol. The van der Waals surface area contributed by atoms with Crippen molar-refractivity contribution in [2.45, 2.75) is 0 Å². The molecule has 1 aromatic heterocycles. The SMILES string of the molecule is O=C(CBr)Oc1ccc(/C=C2\Oc3ccc(Br)nc3NC2=O)cc1Br. The van der Waals surface area contributed by atoms with Crippen LogP contribution in [0, 0.1) is 0 Å². The van der Waals surface area contributed by atoms with Crippen LogP contribution in [0.25, 0.3) is 6.08 Å². The van der Waals surface area contributed by atoms with Crippen molar-refractivity contribution in [2.75, 3.05) is 10.6 Å². The molecule has 128 valence electrons. The van der Waals surface area contributed by atoms with Crippen molar-refractivity contribution in [1.82, 2.24) is 4.98 Å². The Balaban J connectivity index is 1.85. The van der Waals surface area contributed by atoms with Gasteiger partial charge in [0.1, 0.15) is 15.7 Å². The van der Waals surface area contributed by atoms with E-state index >= 15 is 0 Å². The molecular weight excluding hydrogens is 524 g/mol. The van der Waals surface area contributed by atoms with E-state index in [1.54, 1.807) is 36.4 Å². The van der Waals surface area contributed by atoms with Crippen LogP contribution in [0.2, 0.25) is 0 Å². The van der Waals surface area contributed by atoms with Crippen LogP contribution in [0.4, 0.5) is 5.82 Å². The number of carbonyl (C=O) groups excluding carboxylic acids is 2. The van der Waals surface area contributed by atoms with Gasteiger partial charge in [-0.15, -0.1) is 0 Å². The van der Waals surface area contributed by atoms with E-state index in [0.717, 1.165) is 0 Å². The molecule has 2 aromatic rings. The number of esters is 1. The summed E-state index contributed by atoms with van der Waals surface area (Å²) in [7, 11) is 0. The summed E-state index contributed by atoms with van der Waals surface area (Å²) in [5.41, 5.74) is 0.698. The number of amides is 1.